The number of aryl methyl sites for hydroxylation is 2. The maximum Gasteiger partial charge on any atom is 0.124 e. The molecule has 1 aromatic heterocycles. The Morgan fingerprint density at radius 2 is 1.97 bits per heavy atom. The Hall–Kier alpha value is -3.30. The van der Waals surface area contributed by atoms with E-state index in [1.807, 2.05) is 12.1 Å². The lowest BCUT2D eigenvalue weighted by Gasteiger charge is -2.37. The molecule has 0 aliphatic carbocycles. The fourth-order valence-corrected chi connectivity index (χ4v) is 4.07. The zero-order valence-electron chi connectivity index (χ0n) is 17.8. The lowest BCUT2D eigenvalue weighted by Crippen LogP contribution is -2.43. The molecule has 6 nitrogen and oxygen atoms in total. The second-order valence-electron chi connectivity index (χ2n) is 8.23. The van der Waals surface area contributed by atoms with Crippen molar-refractivity contribution >= 4 is 16.7 Å². The Kier molecular flexibility index (Phi) is 5.47. The fourth-order valence-electron chi connectivity index (χ4n) is 4.07. The van der Waals surface area contributed by atoms with Crippen LogP contribution in [0.2, 0.25) is 0 Å². The highest BCUT2D eigenvalue weighted by Crippen LogP contribution is 2.30. The van der Waals surface area contributed by atoms with E-state index in [2.05, 4.69) is 66.2 Å². The first-order valence-electron chi connectivity index (χ1n) is 10.3. The second kappa shape index (κ2) is 8.21. The van der Waals surface area contributed by atoms with E-state index >= 15 is 0 Å². The van der Waals surface area contributed by atoms with Crippen LogP contribution < -0.4 is 10.6 Å². The highest BCUT2D eigenvalue weighted by molar-refractivity contribution is 5.77. The van der Waals surface area contributed by atoms with Gasteiger partial charge in [0.1, 0.15) is 5.82 Å². The molecule has 1 saturated heterocycles. The molecule has 0 saturated carbocycles. The van der Waals surface area contributed by atoms with Gasteiger partial charge in [-0.2, -0.15) is 5.26 Å². The van der Waals surface area contributed by atoms with Crippen molar-refractivity contribution in [2.24, 2.45) is 0 Å². The van der Waals surface area contributed by atoms with E-state index in [4.69, 9.17) is 10.2 Å². The van der Waals surface area contributed by atoms with Gasteiger partial charge in [-0.15, -0.1) is 0 Å². The van der Waals surface area contributed by atoms with Gasteiger partial charge in [0.05, 0.1) is 34.5 Å². The van der Waals surface area contributed by atoms with Crippen LogP contribution in [0.4, 0.5) is 5.69 Å². The molecule has 4 rings (SSSR count). The monoisotopic (exact) mass is 400 g/mol. The molecule has 2 aromatic carbocycles. The maximum absolute atomic E-state index is 8.93. The van der Waals surface area contributed by atoms with Crippen molar-refractivity contribution in [1.29, 1.82) is 5.26 Å². The number of rotatable bonds is 5. The van der Waals surface area contributed by atoms with E-state index in [0.717, 1.165) is 47.8 Å². The molecule has 0 unspecified atom stereocenters. The van der Waals surface area contributed by atoms with Crippen LogP contribution in [0.5, 0.6) is 0 Å². The van der Waals surface area contributed by atoms with Crippen LogP contribution >= 0.6 is 0 Å². The molecule has 2 atom stereocenters. The van der Waals surface area contributed by atoms with Crippen molar-refractivity contribution in [3.05, 3.63) is 71.3 Å². The smallest absolute Gasteiger partial charge is 0.124 e. The van der Waals surface area contributed by atoms with Crippen molar-refractivity contribution in [2.75, 3.05) is 18.9 Å². The third kappa shape index (κ3) is 4.17. The van der Waals surface area contributed by atoms with Gasteiger partial charge in [-0.3, -0.25) is 4.90 Å². The predicted molar refractivity (Wildman–Crippen MR) is 121 cm³/mol. The Morgan fingerprint density at radius 3 is 2.70 bits per heavy atom. The zero-order chi connectivity index (χ0) is 21.3. The van der Waals surface area contributed by atoms with Crippen LogP contribution in [-0.4, -0.2) is 34.5 Å². The molecular formula is C24H28N6. The number of nitriles is 1. The first kappa shape index (κ1) is 20.0. The van der Waals surface area contributed by atoms with Gasteiger partial charge in [0, 0.05) is 18.3 Å². The maximum atomic E-state index is 8.93. The number of piperidine rings is 1. The van der Waals surface area contributed by atoms with Gasteiger partial charge in [-0.1, -0.05) is 6.58 Å². The van der Waals surface area contributed by atoms with Crippen molar-refractivity contribution in [3.8, 4) is 6.07 Å². The van der Waals surface area contributed by atoms with E-state index < -0.39 is 0 Å². The molecule has 0 amide bonds. The van der Waals surface area contributed by atoms with Crippen LogP contribution in [0.15, 0.2) is 48.8 Å². The second-order valence-corrected chi connectivity index (χ2v) is 8.23. The molecule has 30 heavy (non-hydrogen) atoms. The highest BCUT2D eigenvalue weighted by atomic mass is 15.2. The minimum atomic E-state index is 0.229. The van der Waals surface area contributed by atoms with Crippen LogP contribution in [0, 0.1) is 25.2 Å². The number of nitrogens with one attached hydrogen (secondary N) is 3. The first-order valence-corrected chi connectivity index (χ1v) is 10.3. The number of fused-ring (bicyclic) bond motifs is 1. The average Bonchev–Trinajstić information content (AvgIpc) is 3.12. The number of hydrogen-bond acceptors (Lipinski definition) is 5. The Balaban J connectivity index is 1.44. The summed E-state index contributed by atoms with van der Waals surface area (Å²) in [4.78, 5) is 10.8. The van der Waals surface area contributed by atoms with Crippen molar-refractivity contribution in [2.45, 2.75) is 38.8 Å². The van der Waals surface area contributed by atoms with Gasteiger partial charge in [0.2, 0.25) is 0 Å². The van der Waals surface area contributed by atoms with Crippen LogP contribution in [0.3, 0.4) is 0 Å². The van der Waals surface area contributed by atoms with Crippen molar-refractivity contribution < 1.29 is 0 Å². The summed E-state index contributed by atoms with van der Waals surface area (Å²) in [6, 6.07) is 14.4. The van der Waals surface area contributed by atoms with Gasteiger partial charge in [-0.25, -0.2) is 4.98 Å². The third-order valence-corrected chi connectivity index (χ3v) is 5.99. The van der Waals surface area contributed by atoms with Crippen molar-refractivity contribution in [1.82, 2.24) is 20.2 Å². The lowest BCUT2D eigenvalue weighted by atomic mass is 9.97. The molecule has 154 valence electrons. The molecule has 3 N–H and O–H groups in total. The summed E-state index contributed by atoms with van der Waals surface area (Å²) in [6.07, 6.45) is 1.99. The summed E-state index contributed by atoms with van der Waals surface area (Å²) in [5, 5.41) is 15.7. The van der Waals surface area contributed by atoms with Gasteiger partial charge in [0.25, 0.3) is 0 Å². The standard InChI is InChI=1S/C24H28N6/c1-15-11-21-22(12-16(15)2)29-24(28-21)23-13-20(9-10-30(23)4)27-17(3)26-19-7-5-18(14-25)6-8-19/h5-8,11-12,20,23,26-27H,3,9-10,13H2,1-2,4H3,(H,28,29)/t20-,23-/m1/s1. The molecule has 1 aliphatic rings. The largest absolute Gasteiger partial charge is 0.369 e. The highest BCUT2D eigenvalue weighted by Gasteiger charge is 2.29. The first-order chi connectivity index (χ1) is 14.4. The van der Waals surface area contributed by atoms with Gasteiger partial charge >= 0.3 is 0 Å². The predicted octanol–water partition coefficient (Wildman–Crippen LogP) is 4.36. The molecule has 0 spiro atoms. The topological polar surface area (TPSA) is 79.8 Å². The Morgan fingerprint density at radius 1 is 1.23 bits per heavy atom. The minimum absolute atomic E-state index is 0.229. The van der Waals surface area contributed by atoms with E-state index in [1.165, 1.54) is 11.1 Å². The number of hydrogen-bond donors (Lipinski definition) is 3. The fraction of sp³-hybridized carbons (Fsp3) is 0.333. The third-order valence-electron chi connectivity index (χ3n) is 5.99. The number of likely N-dealkylation sites (tertiary alicyclic amines) is 1. The molecule has 2 heterocycles. The average molecular weight is 401 g/mol. The Bertz CT molecular complexity index is 1070. The van der Waals surface area contributed by atoms with Crippen LogP contribution in [-0.2, 0) is 0 Å². The number of aromatic nitrogens is 2. The summed E-state index contributed by atoms with van der Waals surface area (Å²) in [5.41, 5.74) is 6.24. The molecule has 3 aromatic rings. The number of nitrogens with zero attached hydrogens (tertiary/aromatic N) is 3. The van der Waals surface area contributed by atoms with E-state index in [-0.39, 0.29) is 6.04 Å². The SMILES string of the molecule is C=C(Nc1ccc(C#N)cc1)N[C@@H]1CCN(C)[C@@H](c2nc3cc(C)c(C)cc3[nH]2)C1. The minimum Gasteiger partial charge on any atom is -0.369 e. The lowest BCUT2D eigenvalue weighted by molar-refractivity contribution is 0.155. The quantitative estimate of drug-likeness (QED) is 0.593. The molecular weight excluding hydrogens is 372 g/mol. The van der Waals surface area contributed by atoms with E-state index in [0.29, 0.717) is 11.6 Å². The summed E-state index contributed by atoms with van der Waals surface area (Å²) in [6.45, 7) is 9.38. The normalized spacial score (nSPS) is 19.4. The summed E-state index contributed by atoms with van der Waals surface area (Å²) < 4.78 is 0. The van der Waals surface area contributed by atoms with Gasteiger partial charge in [-0.05, 0) is 81.3 Å². The van der Waals surface area contributed by atoms with Gasteiger partial charge < -0.3 is 15.6 Å². The molecule has 1 fully saturated rings. The number of H-pyrrole nitrogens is 1. The summed E-state index contributed by atoms with van der Waals surface area (Å²) in [5.74, 6) is 1.79. The molecule has 6 heteroatoms. The molecule has 0 radical (unpaired) electrons. The number of imidazole rings is 1. The summed E-state index contributed by atoms with van der Waals surface area (Å²) >= 11 is 0. The number of anilines is 1. The zero-order valence-corrected chi connectivity index (χ0v) is 17.8. The Labute approximate surface area is 177 Å². The van der Waals surface area contributed by atoms with Crippen LogP contribution in [0.1, 0.15) is 41.4 Å². The van der Waals surface area contributed by atoms with E-state index in [9.17, 15) is 0 Å². The van der Waals surface area contributed by atoms with Crippen LogP contribution in [0.25, 0.3) is 11.0 Å². The van der Waals surface area contributed by atoms with Gasteiger partial charge in [0.15, 0.2) is 0 Å². The number of aromatic amines is 1. The number of benzene rings is 2. The summed E-state index contributed by atoms with van der Waals surface area (Å²) in [7, 11) is 2.16. The molecule has 1 aliphatic heterocycles. The molecule has 0 bridgehead atoms. The van der Waals surface area contributed by atoms with Crippen molar-refractivity contribution in [3.63, 3.8) is 0 Å². The van der Waals surface area contributed by atoms with E-state index in [1.54, 1.807) is 12.1 Å².